The van der Waals surface area contributed by atoms with Crippen molar-refractivity contribution in [3.05, 3.63) is 293 Å². The summed E-state index contributed by atoms with van der Waals surface area (Å²) >= 11 is 0. The summed E-state index contributed by atoms with van der Waals surface area (Å²) in [6.45, 7) is 0. The Morgan fingerprint density at radius 1 is 0.222 bits per heavy atom. The Bertz CT molecular complexity index is 3290. The molecule has 1 nitrogen and oxygen atoms in total. The largest absolute Gasteiger partial charge is 0.310 e. The summed E-state index contributed by atoms with van der Waals surface area (Å²) in [5.41, 5.74) is 23.1. The minimum Gasteiger partial charge on any atom is -0.310 e. The van der Waals surface area contributed by atoms with Crippen LogP contribution in [0.3, 0.4) is 0 Å². The zero-order valence-corrected chi connectivity index (χ0v) is 34.6. The molecule has 0 radical (unpaired) electrons. The Hall–Kier alpha value is -8.00. The Balaban J connectivity index is 1.03. The second-order valence-corrected chi connectivity index (χ2v) is 17.1. The van der Waals surface area contributed by atoms with Gasteiger partial charge in [0.15, 0.2) is 0 Å². The van der Waals surface area contributed by atoms with Crippen molar-refractivity contribution in [2.24, 2.45) is 0 Å². The lowest BCUT2D eigenvalue weighted by Gasteiger charge is -2.48. The van der Waals surface area contributed by atoms with Crippen LogP contribution in [-0.2, 0) is 10.8 Å². The number of para-hydroxylation sites is 1. The molecule has 3 aliphatic carbocycles. The summed E-state index contributed by atoms with van der Waals surface area (Å²) in [5, 5.41) is 0. The van der Waals surface area contributed by atoms with Gasteiger partial charge in [0.1, 0.15) is 0 Å². The molecule has 13 rings (SSSR count). The van der Waals surface area contributed by atoms with Crippen LogP contribution < -0.4 is 4.90 Å². The number of nitrogens with zero attached hydrogens (tertiary/aromatic N) is 1. The summed E-state index contributed by atoms with van der Waals surface area (Å²) in [6.07, 6.45) is 0. The summed E-state index contributed by atoms with van der Waals surface area (Å²) < 4.78 is 0. The number of anilines is 3. The van der Waals surface area contributed by atoms with Crippen molar-refractivity contribution in [2.75, 3.05) is 4.90 Å². The van der Waals surface area contributed by atoms with Crippen LogP contribution in [0.5, 0.6) is 0 Å². The highest BCUT2D eigenvalue weighted by Crippen LogP contribution is 2.68. The fourth-order valence-corrected chi connectivity index (χ4v) is 11.7. The molecular weight excluding hydrogens is 759 g/mol. The van der Waals surface area contributed by atoms with Crippen LogP contribution in [0.1, 0.15) is 44.5 Å². The number of benzene rings is 10. The van der Waals surface area contributed by atoms with Gasteiger partial charge in [-0.25, -0.2) is 0 Å². The smallest absolute Gasteiger partial charge is 0.0720 e. The molecule has 2 spiro atoms. The van der Waals surface area contributed by atoms with Crippen LogP contribution in [0.25, 0.3) is 44.5 Å². The van der Waals surface area contributed by atoms with Crippen molar-refractivity contribution in [1.29, 1.82) is 0 Å². The lowest BCUT2D eigenvalue weighted by molar-refractivity contribution is 0.633. The van der Waals surface area contributed by atoms with E-state index in [2.05, 4.69) is 254 Å². The third-order valence-electron chi connectivity index (χ3n) is 14.2. The van der Waals surface area contributed by atoms with Crippen LogP contribution in [0.4, 0.5) is 17.1 Å². The lowest BCUT2D eigenvalue weighted by atomic mass is 9.52. The van der Waals surface area contributed by atoms with Crippen LogP contribution in [0.15, 0.2) is 249 Å². The molecule has 3 aliphatic rings. The van der Waals surface area contributed by atoms with Crippen molar-refractivity contribution < 1.29 is 0 Å². The number of hydrogen-bond acceptors (Lipinski definition) is 1. The van der Waals surface area contributed by atoms with Gasteiger partial charge >= 0.3 is 0 Å². The van der Waals surface area contributed by atoms with E-state index < -0.39 is 10.8 Å². The molecule has 0 aliphatic heterocycles. The van der Waals surface area contributed by atoms with Crippen LogP contribution in [-0.4, -0.2) is 0 Å². The monoisotopic (exact) mass is 799 g/mol. The molecule has 0 saturated heterocycles. The Labute approximate surface area is 368 Å². The first-order chi connectivity index (χ1) is 31.3. The number of fused-ring (bicyclic) bond motifs is 16. The molecule has 0 atom stereocenters. The molecule has 294 valence electrons. The maximum absolute atomic E-state index is 2.46. The molecule has 10 aromatic rings. The minimum atomic E-state index is -0.565. The van der Waals surface area contributed by atoms with Crippen LogP contribution in [0.2, 0.25) is 0 Å². The summed E-state index contributed by atoms with van der Waals surface area (Å²) in [4.78, 5) is 2.46. The van der Waals surface area contributed by atoms with Gasteiger partial charge < -0.3 is 4.90 Å². The Morgan fingerprint density at radius 2 is 0.556 bits per heavy atom. The van der Waals surface area contributed by atoms with Gasteiger partial charge in [-0.2, -0.15) is 0 Å². The highest BCUT2D eigenvalue weighted by molar-refractivity contribution is 5.99. The molecule has 0 bridgehead atoms. The SMILES string of the molecule is c1ccc(-c2ccc(-c3ccc(N(c4ccccc4)c4cccc5c4-c4ccccc4C54c5ccccc5C5(c6ccccc6-c6ccccc65)c5ccccc54)cc3)cc2)cc1. The molecule has 0 fully saturated rings. The average molecular weight is 800 g/mol. The zero-order chi connectivity index (χ0) is 41.5. The van der Waals surface area contributed by atoms with Gasteiger partial charge in [-0.3, -0.25) is 0 Å². The van der Waals surface area contributed by atoms with E-state index in [-0.39, 0.29) is 0 Å². The molecule has 1 heteroatoms. The molecule has 0 heterocycles. The summed E-state index contributed by atoms with van der Waals surface area (Å²) in [7, 11) is 0. The van der Waals surface area contributed by atoms with Crippen molar-refractivity contribution in [3.63, 3.8) is 0 Å². The van der Waals surface area contributed by atoms with Gasteiger partial charge in [-0.05, 0) is 114 Å². The third-order valence-corrected chi connectivity index (χ3v) is 14.2. The maximum Gasteiger partial charge on any atom is 0.0720 e. The molecule has 0 unspecified atom stereocenters. The predicted octanol–water partition coefficient (Wildman–Crippen LogP) is 15.5. The van der Waals surface area contributed by atoms with Crippen molar-refractivity contribution >= 4 is 17.1 Å². The summed E-state index contributed by atoms with van der Waals surface area (Å²) in [6, 6.07) is 92.6. The molecule has 0 amide bonds. The second kappa shape index (κ2) is 13.8. The molecule has 10 aromatic carbocycles. The topological polar surface area (TPSA) is 3.24 Å². The first kappa shape index (κ1) is 35.7. The van der Waals surface area contributed by atoms with E-state index >= 15 is 0 Å². The fourth-order valence-electron chi connectivity index (χ4n) is 11.7. The van der Waals surface area contributed by atoms with E-state index in [1.807, 2.05) is 0 Å². The van der Waals surface area contributed by atoms with Gasteiger partial charge in [-0.15, -0.1) is 0 Å². The number of rotatable bonds is 5. The highest BCUT2D eigenvalue weighted by atomic mass is 15.1. The van der Waals surface area contributed by atoms with Gasteiger partial charge in [0.05, 0.1) is 16.5 Å². The summed E-state index contributed by atoms with van der Waals surface area (Å²) in [5.74, 6) is 0. The first-order valence-corrected chi connectivity index (χ1v) is 22.0. The van der Waals surface area contributed by atoms with Crippen LogP contribution in [0, 0.1) is 0 Å². The second-order valence-electron chi connectivity index (χ2n) is 17.1. The Kier molecular flexibility index (Phi) is 7.80. The molecular formula is C62H41N. The molecule has 0 N–H and O–H groups in total. The van der Waals surface area contributed by atoms with Crippen LogP contribution >= 0.6 is 0 Å². The molecule has 0 saturated carbocycles. The van der Waals surface area contributed by atoms with E-state index in [0.29, 0.717) is 0 Å². The standard InChI is InChI=1S/C62H41N/c1-3-18-42(19-4-1)43-34-36-44(37-35-43)45-38-40-47(41-39-45)63(46-20-5-2-6-21-46)59-33-17-32-58-60(59)50-24-9-12-27-53(50)62(58)56-30-15-13-28-54(56)61(55-29-14-16-31-57(55)62)51-25-10-7-22-48(51)49-23-8-11-26-52(49)61/h1-41H. The normalized spacial score (nSPS) is 14.0. The van der Waals surface area contributed by atoms with Gasteiger partial charge in [0.2, 0.25) is 0 Å². The van der Waals surface area contributed by atoms with E-state index in [1.165, 1.54) is 89.0 Å². The third kappa shape index (κ3) is 4.88. The van der Waals surface area contributed by atoms with Crippen molar-refractivity contribution in [2.45, 2.75) is 10.8 Å². The van der Waals surface area contributed by atoms with Crippen molar-refractivity contribution in [1.82, 2.24) is 0 Å². The van der Waals surface area contributed by atoms with Gasteiger partial charge in [0.25, 0.3) is 0 Å². The average Bonchev–Trinajstić information content (AvgIpc) is 3.83. The molecule has 0 aromatic heterocycles. The number of hydrogen-bond donors (Lipinski definition) is 0. The van der Waals surface area contributed by atoms with E-state index in [0.717, 1.165) is 17.1 Å². The van der Waals surface area contributed by atoms with E-state index in [4.69, 9.17) is 0 Å². The first-order valence-electron chi connectivity index (χ1n) is 22.0. The van der Waals surface area contributed by atoms with Gasteiger partial charge in [0, 0.05) is 16.9 Å². The van der Waals surface area contributed by atoms with Gasteiger partial charge in [-0.1, -0.05) is 218 Å². The maximum atomic E-state index is 2.46. The van der Waals surface area contributed by atoms with Crippen molar-refractivity contribution in [3.8, 4) is 44.5 Å². The minimum absolute atomic E-state index is 0.472. The fraction of sp³-hybridized carbons (Fsp3) is 0.0323. The van der Waals surface area contributed by atoms with E-state index in [1.54, 1.807) is 0 Å². The highest BCUT2D eigenvalue weighted by Gasteiger charge is 2.59. The zero-order valence-electron chi connectivity index (χ0n) is 34.6. The van der Waals surface area contributed by atoms with E-state index in [9.17, 15) is 0 Å². The Morgan fingerprint density at radius 3 is 1.06 bits per heavy atom. The molecule has 63 heavy (non-hydrogen) atoms. The quantitative estimate of drug-likeness (QED) is 0.168. The lowest BCUT2D eigenvalue weighted by Crippen LogP contribution is -2.43. The predicted molar refractivity (Wildman–Crippen MR) is 260 cm³/mol.